The van der Waals surface area contributed by atoms with E-state index in [0.29, 0.717) is 49.0 Å². The van der Waals surface area contributed by atoms with Crippen molar-refractivity contribution in [2.24, 2.45) is 0 Å². The maximum Gasteiger partial charge on any atom is 0.331 e. The van der Waals surface area contributed by atoms with Gasteiger partial charge in [0.2, 0.25) is 5.95 Å². The van der Waals surface area contributed by atoms with Crippen LogP contribution >= 0.6 is 0 Å². The topological polar surface area (TPSA) is 93.4 Å². The SMILES string of the molecule is [C-]#[N+]c1ccc2ncn(-c3ncc4c(n3)n([C@@H]3CCOc5ccccc53)c(=O)n4CCOC)c2c1. The quantitative estimate of drug-likeness (QED) is 0.367. The molecule has 0 N–H and O–H groups in total. The molecule has 1 aliphatic heterocycles. The van der Waals surface area contributed by atoms with Crippen LogP contribution in [-0.4, -0.2) is 49.0 Å². The monoisotopic (exact) mass is 467 g/mol. The summed E-state index contributed by atoms with van der Waals surface area (Å²) in [6, 6.07) is 12.8. The van der Waals surface area contributed by atoms with Crippen molar-refractivity contribution in [2.45, 2.75) is 19.0 Å². The molecule has 0 fully saturated rings. The smallest absolute Gasteiger partial charge is 0.331 e. The number of nitrogens with zero attached hydrogens (tertiary/aromatic N) is 7. The van der Waals surface area contributed by atoms with Crippen molar-refractivity contribution in [3.63, 3.8) is 0 Å². The molecule has 5 aromatic rings. The molecule has 10 heteroatoms. The lowest BCUT2D eigenvalue weighted by atomic mass is 10.0. The summed E-state index contributed by atoms with van der Waals surface area (Å²) in [5, 5.41) is 0. The van der Waals surface area contributed by atoms with Gasteiger partial charge in [-0.25, -0.2) is 19.6 Å². The van der Waals surface area contributed by atoms with E-state index < -0.39 is 0 Å². The van der Waals surface area contributed by atoms with Crippen LogP contribution in [0.1, 0.15) is 18.0 Å². The summed E-state index contributed by atoms with van der Waals surface area (Å²) in [7, 11) is 1.61. The van der Waals surface area contributed by atoms with Gasteiger partial charge in [0, 0.05) is 19.1 Å². The number of methoxy groups -OCH3 is 1. The van der Waals surface area contributed by atoms with E-state index in [1.807, 2.05) is 24.3 Å². The molecule has 0 saturated carbocycles. The zero-order chi connectivity index (χ0) is 23.9. The Morgan fingerprint density at radius 2 is 2.09 bits per heavy atom. The predicted molar refractivity (Wildman–Crippen MR) is 129 cm³/mol. The largest absolute Gasteiger partial charge is 0.493 e. The number of benzene rings is 2. The molecule has 0 bridgehead atoms. The molecule has 0 aliphatic carbocycles. The van der Waals surface area contributed by atoms with Crippen molar-refractivity contribution in [3.8, 4) is 11.7 Å². The van der Waals surface area contributed by atoms with E-state index in [9.17, 15) is 4.79 Å². The van der Waals surface area contributed by atoms with Crippen LogP contribution in [0, 0.1) is 6.57 Å². The summed E-state index contributed by atoms with van der Waals surface area (Å²) in [4.78, 5) is 31.1. The van der Waals surface area contributed by atoms with E-state index in [0.717, 1.165) is 22.3 Å². The third kappa shape index (κ3) is 3.36. The summed E-state index contributed by atoms with van der Waals surface area (Å²) in [5.74, 6) is 1.15. The Labute approximate surface area is 199 Å². The highest BCUT2D eigenvalue weighted by atomic mass is 16.5. The molecule has 3 aromatic heterocycles. The minimum Gasteiger partial charge on any atom is -0.493 e. The first-order valence-corrected chi connectivity index (χ1v) is 11.2. The van der Waals surface area contributed by atoms with Crippen LogP contribution in [-0.2, 0) is 11.3 Å². The molecule has 6 rings (SSSR count). The van der Waals surface area contributed by atoms with E-state index in [-0.39, 0.29) is 11.7 Å². The Kier molecular flexibility index (Phi) is 5.04. The molecule has 2 aromatic carbocycles. The minimum atomic E-state index is -0.227. The Morgan fingerprint density at radius 3 is 2.94 bits per heavy atom. The molecule has 10 nitrogen and oxygen atoms in total. The van der Waals surface area contributed by atoms with Gasteiger partial charge in [-0.2, -0.15) is 4.98 Å². The van der Waals surface area contributed by atoms with Gasteiger partial charge < -0.3 is 9.47 Å². The molecule has 1 atom stereocenters. The van der Waals surface area contributed by atoms with E-state index in [2.05, 4.69) is 14.8 Å². The van der Waals surface area contributed by atoms with Crippen molar-refractivity contribution in [2.75, 3.05) is 20.3 Å². The molecule has 0 unspecified atom stereocenters. The first-order chi connectivity index (χ1) is 17.2. The van der Waals surface area contributed by atoms with Gasteiger partial charge in [0.25, 0.3) is 0 Å². The van der Waals surface area contributed by atoms with Gasteiger partial charge in [0.1, 0.15) is 17.6 Å². The standard InChI is InChI=1S/C25H21N7O3/c1-26-16-7-8-18-20(13-16)31(15-28-18)24-27-14-21-23(29-24)32(25(33)30(21)10-12-34-2)19-9-11-35-22-6-4-3-5-17(19)22/h3-8,13-15,19H,9-12H2,2H3/t19-/m1/s1. The van der Waals surface area contributed by atoms with Gasteiger partial charge in [0.05, 0.1) is 49.6 Å². The van der Waals surface area contributed by atoms with Crippen LogP contribution in [0.25, 0.3) is 33.0 Å². The maximum atomic E-state index is 13.7. The fraction of sp³-hybridized carbons (Fsp3) is 0.240. The molecule has 0 saturated heterocycles. The molecule has 4 heterocycles. The summed E-state index contributed by atoms with van der Waals surface area (Å²) in [5.41, 5.74) is 3.89. The number of hydrogen-bond acceptors (Lipinski definition) is 6. The zero-order valence-electron chi connectivity index (χ0n) is 19.0. The molecule has 174 valence electrons. The van der Waals surface area contributed by atoms with Gasteiger partial charge in [-0.15, -0.1) is 0 Å². The van der Waals surface area contributed by atoms with E-state index >= 15 is 0 Å². The molecule has 35 heavy (non-hydrogen) atoms. The molecule has 1 aliphatic rings. The van der Waals surface area contributed by atoms with Crippen LogP contribution in [0.5, 0.6) is 5.75 Å². The first kappa shape index (κ1) is 21.1. The lowest BCUT2D eigenvalue weighted by molar-refractivity contribution is 0.186. The Hall–Kier alpha value is -4.49. The van der Waals surface area contributed by atoms with Crippen LogP contribution in [0.3, 0.4) is 0 Å². The number of aromatic nitrogens is 6. The second kappa shape index (κ2) is 8.38. The highest BCUT2D eigenvalue weighted by Crippen LogP contribution is 2.35. The Bertz CT molecular complexity index is 1670. The van der Waals surface area contributed by atoms with Gasteiger partial charge in [-0.05, 0) is 18.2 Å². The fourth-order valence-corrected chi connectivity index (χ4v) is 4.66. The van der Waals surface area contributed by atoms with Crippen molar-refractivity contribution < 1.29 is 9.47 Å². The second-order valence-corrected chi connectivity index (χ2v) is 8.27. The normalized spacial score (nSPS) is 15.1. The second-order valence-electron chi connectivity index (χ2n) is 8.27. The average Bonchev–Trinajstić information content (AvgIpc) is 3.44. The lowest BCUT2D eigenvalue weighted by Gasteiger charge is -2.26. The highest BCUT2D eigenvalue weighted by Gasteiger charge is 2.28. The molecule has 0 spiro atoms. The number of imidazole rings is 2. The van der Waals surface area contributed by atoms with Gasteiger partial charge in [-0.1, -0.05) is 24.3 Å². The number of hydrogen-bond donors (Lipinski definition) is 0. The lowest BCUT2D eigenvalue weighted by Crippen LogP contribution is -2.31. The van der Waals surface area contributed by atoms with Crippen LogP contribution in [0.15, 0.2) is 59.8 Å². The third-order valence-corrected chi connectivity index (χ3v) is 6.33. The van der Waals surface area contributed by atoms with Crippen molar-refractivity contribution in [1.82, 2.24) is 28.7 Å². The molecular formula is C25H21N7O3. The number of para-hydroxylation sites is 1. The van der Waals surface area contributed by atoms with Crippen molar-refractivity contribution >= 4 is 27.9 Å². The maximum absolute atomic E-state index is 13.7. The van der Waals surface area contributed by atoms with Crippen molar-refractivity contribution in [1.29, 1.82) is 0 Å². The summed E-state index contributed by atoms with van der Waals surface area (Å²) in [6.07, 6.45) is 3.94. The summed E-state index contributed by atoms with van der Waals surface area (Å²) < 4.78 is 16.2. The van der Waals surface area contributed by atoms with Crippen LogP contribution < -0.4 is 10.4 Å². The number of fused-ring (bicyclic) bond motifs is 3. The third-order valence-electron chi connectivity index (χ3n) is 6.33. The fourth-order valence-electron chi connectivity index (χ4n) is 4.66. The average molecular weight is 467 g/mol. The van der Waals surface area contributed by atoms with Crippen LogP contribution in [0.4, 0.5) is 5.69 Å². The van der Waals surface area contributed by atoms with E-state index in [1.54, 1.807) is 51.5 Å². The Balaban J connectivity index is 1.58. The Morgan fingerprint density at radius 1 is 1.20 bits per heavy atom. The molecule has 0 amide bonds. The predicted octanol–water partition coefficient (Wildman–Crippen LogP) is 3.50. The van der Waals surface area contributed by atoms with E-state index in [1.165, 1.54) is 0 Å². The molecule has 0 radical (unpaired) electrons. The zero-order valence-corrected chi connectivity index (χ0v) is 19.0. The number of rotatable bonds is 5. The first-order valence-electron chi connectivity index (χ1n) is 11.2. The van der Waals surface area contributed by atoms with Crippen LogP contribution in [0.2, 0.25) is 0 Å². The number of ether oxygens (including phenoxy) is 2. The molecular weight excluding hydrogens is 446 g/mol. The highest BCUT2D eigenvalue weighted by molar-refractivity contribution is 5.81. The van der Waals surface area contributed by atoms with E-state index in [4.69, 9.17) is 21.0 Å². The van der Waals surface area contributed by atoms with Gasteiger partial charge in [-0.3, -0.25) is 13.7 Å². The van der Waals surface area contributed by atoms with Gasteiger partial charge in [0.15, 0.2) is 11.3 Å². The summed E-state index contributed by atoms with van der Waals surface area (Å²) >= 11 is 0. The minimum absolute atomic E-state index is 0.170. The van der Waals surface area contributed by atoms with Gasteiger partial charge >= 0.3 is 5.69 Å². The summed E-state index contributed by atoms with van der Waals surface area (Å²) in [6.45, 7) is 8.61. The van der Waals surface area contributed by atoms with Crippen molar-refractivity contribution in [3.05, 3.63) is 82.5 Å².